The Hall–Kier alpha value is -2.63. The molecule has 1 aromatic heterocycles. The Kier molecular flexibility index (Phi) is 3.37. The summed E-state index contributed by atoms with van der Waals surface area (Å²) >= 11 is 0. The number of hydrogen-bond donors (Lipinski definition) is 3. The third-order valence-electron chi connectivity index (χ3n) is 4.18. The smallest absolute Gasteiger partial charge is 0.276 e. The molecule has 1 heterocycles. The quantitative estimate of drug-likeness (QED) is 0.792. The fourth-order valence-corrected chi connectivity index (χ4v) is 2.52. The van der Waals surface area contributed by atoms with Crippen LogP contribution in [0.2, 0.25) is 0 Å². The lowest BCUT2D eigenvalue weighted by Gasteiger charge is -2.10. The van der Waals surface area contributed by atoms with Crippen LogP contribution in [0.25, 0.3) is 0 Å². The molecule has 2 aliphatic carbocycles. The second kappa shape index (κ2) is 5.53. The monoisotopic (exact) mass is 310 g/mol. The Bertz CT molecular complexity index is 759. The van der Waals surface area contributed by atoms with Crippen LogP contribution in [0.15, 0.2) is 30.3 Å². The highest BCUT2D eigenvalue weighted by molar-refractivity contribution is 6.08. The summed E-state index contributed by atoms with van der Waals surface area (Å²) in [7, 11) is 0. The van der Waals surface area contributed by atoms with Crippen LogP contribution < -0.4 is 10.6 Å². The van der Waals surface area contributed by atoms with Gasteiger partial charge in [0.15, 0.2) is 5.69 Å². The van der Waals surface area contributed by atoms with E-state index in [4.69, 9.17) is 0 Å². The highest BCUT2D eigenvalue weighted by Gasteiger charge is 2.27. The van der Waals surface area contributed by atoms with Gasteiger partial charge in [0.1, 0.15) is 0 Å². The fourth-order valence-electron chi connectivity index (χ4n) is 2.52. The van der Waals surface area contributed by atoms with Crippen molar-refractivity contribution < 1.29 is 9.59 Å². The Morgan fingerprint density at radius 1 is 1.09 bits per heavy atom. The standard InChI is InChI=1S/C17H18N4O2/c22-16(18-11-7-8-11)12-3-1-2-4-13(12)19-17(23)15-9-14(20-21-15)10-5-6-10/h1-4,9-11H,5-8H2,(H,18,22)(H,19,23)(H,20,21). The van der Waals surface area contributed by atoms with Crippen LogP contribution >= 0.6 is 0 Å². The van der Waals surface area contributed by atoms with Crippen LogP contribution in [0, 0.1) is 0 Å². The number of anilines is 1. The predicted octanol–water partition coefficient (Wildman–Crippen LogP) is 2.43. The molecule has 0 saturated heterocycles. The first-order valence-corrected chi connectivity index (χ1v) is 7.97. The molecule has 1 aromatic carbocycles. The molecule has 118 valence electrons. The molecule has 3 N–H and O–H groups in total. The third-order valence-corrected chi connectivity index (χ3v) is 4.18. The largest absolute Gasteiger partial charge is 0.349 e. The van der Waals surface area contributed by atoms with Crippen molar-refractivity contribution in [2.24, 2.45) is 0 Å². The van der Waals surface area contributed by atoms with E-state index in [1.54, 1.807) is 30.3 Å². The van der Waals surface area contributed by atoms with Gasteiger partial charge in [-0.2, -0.15) is 5.10 Å². The maximum Gasteiger partial charge on any atom is 0.276 e. The van der Waals surface area contributed by atoms with Crippen LogP contribution in [-0.2, 0) is 0 Å². The number of aromatic nitrogens is 2. The SMILES string of the molecule is O=C(Nc1ccccc1C(=O)NC1CC1)c1cc(C2CC2)[nH]n1. The second-order valence-electron chi connectivity index (χ2n) is 6.23. The molecular weight excluding hydrogens is 292 g/mol. The number of nitrogens with one attached hydrogen (secondary N) is 3. The molecule has 0 spiro atoms. The molecule has 23 heavy (non-hydrogen) atoms. The van der Waals surface area contributed by atoms with E-state index in [2.05, 4.69) is 20.8 Å². The number of benzene rings is 1. The minimum atomic E-state index is -0.306. The van der Waals surface area contributed by atoms with Gasteiger partial charge in [0.25, 0.3) is 11.8 Å². The molecule has 6 heteroatoms. The summed E-state index contributed by atoms with van der Waals surface area (Å²) in [5, 5.41) is 12.7. The topological polar surface area (TPSA) is 86.9 Å². The molecule has 0 unspecified atom stereocenters. The fraction of sp³-hybridized carbons (Fsp3) is 0.353. The van der Waals surface area contributed by atoms with E-state index >= 15 is 0 Å². The molecule has 0 atom stereocenters. The number of aromatic amines is 1. The number of para-hydroxylation sites is 1. The van der Waals surface area contributed by atoms with Gasteiger partial charge in [0.2, 0.25) is 0 Å². The van der Waals surface area contributed by atoms with Crippen molar-refractivity contribution in [2.45, 2.75) is 37.6 Å². The first-order valence-electron chi connectivity index (χ1n) is 7.97. The van der Waals surface area contributed by atoms with Crippen molar-refractivity contribution in [3.8, 4) is 0 Å². The van der Waals surface area contributed by atoms with Crippen LogP contribution in [0.1, 0.15) is 58.1 Å². The molecule has 0 aliphatic heterocycles. The number of amides is 2. The summed E-state index contributed by atoms with van der Waals surface area (Å²) in [4.78, 5) is 24.6. The Morgan fingerprint density at radius 3 is 2.61 bits per heavy atom. The number of carbonyl (C=O) groups is 2. The molecule has 2 aliphatic rings. The van der Waals surface area contributed by atoms with Gasteiger partial charge in [-0.25, -0.2) is 0 Å². The average Bonchev–Trinajstić information content (AvgIpc) is 3.48. The summed E-state index contributed by atoms with van der Waals surface area (Å²) < 4.78 is 0. The summed E-state index contributed by atoms with van der Waals surface area (Å²) in [6, 6.07) is 9.10. The highest BCUT2D eigenvalue weighted by atomic mass is 16.2. The molecule has 2 fully saturated rings. The molecule has 2 amide bonds. The number of hydrogen-bond acceptors (Lipinski definition) is 3. The maximum absolute atomic E-state index is 12.4. The van der Waals surface area contributed by atoms with Gasteiger partial charge in [0.05, 0.1) is 11.3 Å². The zero-order valence-corrected chi connectivity index (χ0v) is 12.6. The lowest BCUT2D eigenvalue weighted by atomic mass is 10.1. The van der Waals surface area contributed by atoms with Gasteiger partial charge in [0, 0.05) is 17.7 Å². The normalized spacial score (nSPS) is 16.9. The average molecular weight is 310 g/mol. The van der Waals surface area contributed by atoms with Gasteiger partial charge in [-0.05, 0) is 43.9 Å². The van der Waals surface area contributed by atoms with E-state index in [0.29, 0.717) is 22.9 Å². The number of carbonyl (C=O) groups excluding carboxylic acids is 2. The molecule has 2 saturated carbocycles. The van der Waals surface area contributed by atoms with Gasteiger partial charge < -0.3 is 10.6 Å². The van der Waals surface area contributed by atoms with Crippen LogP contribution in [0.5, 0.6) is 0 Å². The lowest BCUT2D eigenvalue weighted by Crippen LogP contribution is -2.27. The summed E-state index contributed by atoms with van der Waals surface area (Å²) in [5.41, 5.74) is 2.34. The Morgan fingerprint density at radius 2 is 1.87 bits per heavy atom. The van der Waals surface area contributed by atoms with E-state index in [0.717, 1.165) is 31.4 Å². The van der Waals surface area contributed by atoms with Crippen molar-refractivity contribution in [1.29, 1.82) is 0 Å². The first kappa shape index (κ1) is 14.0. The van der Waals surface area contributed by atoms with E-state index < -0.39 is 0 Å². The van der Waals surface area contributed by atoms with Crippen molar-refractivity contribution >= 4 is 17.5 Å². The molecule has 0 radical (unpaired) electrons. The van der Waals surface area contributed by atoms with E-state index in [1.165, 1.54) is 0 Å². The molecule has 6 nitrogen and oxygen atoms in total. The van der Waals surface area contributed by atoms with Gasteiger partial charge in [-0.1, -0.05) is 12.1 Å². The number of H-pyrrole nitrogens is 1. The predicted molar refractivity (Wildman–Crippen MR) is 85.4 cm³/mol. The van der Waals surface area contributed by atoms with E-state index in [-0.39, 0.29) is 17.9 Å². The van der Waals surface area contributed by atoms with Gasteiger partial charge in [-0.15, -0.1) is 0 Å². The van der Waals surface area contributed by atoms with Gasteiger partial charge in [-0.3, -0.25) is 14.7 Å². The molecule has 0 bridgehead atoms. The van der Waals surface area contributed by atoms with E-state index in [9.17, 15) is 9.59 Å². The van der Waals surface area contributed by atoms with Gasteiger partial charge >= 0.3 is 0 Å². The van der Waals surface area contributed by atoms with Crippen LogP contribution in [0.3, 0.4) is 0 Å². The molecule has 2 aromatic rings. The van der Waals surface area contributed by atoms with Crippen molar-refractivity contribution in [2.75, 3.05) is 5.32 Å². The number of nitrogens with zero attached hydrogens (tertiary/aromatic N) is 1. The highest BCUT2D eigenvalue weighted by Crippen LogP contribution is 2.39. The first-order chi connectivity index (χ1) is 11.2. The van der Waals surface area contributed by atoms with Crippen molar-refractivity contribution in [3.63, 3.8) is 0 Å². The summed E-state index contributed by atoms with van der Waals surface area (Å²) in [6.07, 6.45) is 4.34. The molecule has 4 rings (SSSR count). The molecular formula is C17H18N4O2. The zero-order valence-electron chi connectivity index (χ0n) is 12.6. The Labute approximate surface area is 133 Å². The minimum Gasteiger partial charge on any atom is -0.349 e. The zero-order chi connectivity index (χ0) is 15.8. The maximum atomic E-state index is 12.4. The van der Waals surface area contributed by atoms with Crippen LogP contribution in [-0.4, -0.2) is 28.1 Å². The van der Waals surface area contributed by atoms with Crippen molar-refractivity contribution in [3.05, 3.63) is 47.3 Å². The van der Waals surface area contributed by atoms with E-state index in [1.807, 2.05) is 0 Å². The lowest BCUT2D eigenvalue weighted by molar-refractivity contribution is 0.0952. The minimum absolute atomic E-state index is 0.149. The van der Waals surface area contributed by atoms with Crippen LogP contribution in [0.4, 0.5) is 5.69 Å². The second-order valence-corrected chi connectivity index (χ2v) is 6.23. The third kappa shape index (κ3) is 3.11. The summed E-state index contributed by atoms with van der Waals surface area (Å²) in [5.74, 6) is 0.0598. The number of rotatable bonds is 5. The Balaban J connectivity index is 1.50. The summed E-state index contributed by atoms with van der Waals surface area (Å²) in [6.45, 7) is 0. The van der Waals surface area contributed by atoms with Crippen molar-refractivity contribution in [1.82, 2.24) is 15.5 Å².